The van der Waals surface area contributed by atoms with E-state index in [4.69, 9.17) is 18.0 Å². The highest BCUT2D eigenvalue weighted by atomic mass is 79.9. The first-order valence-corrected chi connectivity index (χ1v) is 7.23. The maximum absolute atomic E-state index is 13.4. The molecule has 0 aliphatic carbocycles. The Balaban J connectivity index is 2.42. The molecule has 2 aromatic carbocycles. The number of para-hydroxylation sites is 1. The molecule has 6 heteroatoms. The van der Waals surface area contributed by atoms with Gasteiger partial charge in [0.1, 0.15) is 10.8 Å². The largest absolute Gasteiger partial charge is 0.389 e. The molecule has 21 heavy (non-hydrogen) atoms. The minimum absolute atomic E-state index is 0.200. The van der Waals surface area contributed by atoms with Gasteiger partial charge in [0.25, 0.3) is 5.91 Å². The van der Waals surface area contributed by atoms with Gasteiger partial charge in [0, 0.05) is 22.6 Å². The van der Waals surface area contributed by atoms with E-state index in [1.54, 1.807) is 37.4 Å². The summed E-state index contributed by atoms with van der Waals surface area (Å²) in [6, 6.07) is 11.1. The highest BCUT2D eigenvalue weighted by molar-refractivity contribution is 9.10. The number of nitrogens with zero attached hydrogens (tertiary/aromatic N) is 1. The molecule has 0 aromatic heterocycles. The Labute approximate surface area is 135 Å². The first-order valence-electron chi connectivity index (χ1n) is 6.03. The third kappa shape index (κ3) is 3.46. The Morgan fingerprint density at radius 2 is 1.95 bits per heavy atom. The molecule has 2 rings (SSSR count). The number of hydrogen-bond donors (Lipinski definition) is 1. The normalized spacial score (nSPS) is 10.2. The molecule has 0 saturated heterocycles. The van der Waals surface area contributed by atoms with E-state index in [2.05, 4.69) is 15.9 Å². The number of anilines is 1. The molecule has 0 saturated carbocycles. The van der Waals surface area contributed by atoms with Crippen LogP contribution >= 0.6 is 28.1 Å². The van der Waals surface area contributed by atoms with E-state index in [-0.39, 0.29) is 16.5 Å². The maximum atomic E-state index is 13.4. The summed E-state index contributed by atoms with van der Waals surface area (Å²) >= 11 is 8.16. The number of thiocarbonyl (C=S) groups is 1. The van der Waals surface area contributed by atoms with Gasteiger partial charge < -0.3 is 10.6 Å². The van der Waals surface area contributed by atoms with Gasteiger partial charge in [0.15, 0.2) is 0 Å². The summed E-state index contributed by atoms with van der Waals surface area (Å²) in [5.74, 6) is -0.831. The van der Waals surface area contributed by atoms with E-state index in [1.807, 2.05) is 0 Å². The highest BCUT2D eigenvalue weighted by Crippen LogP contribution is 2.22. The number of amides is 1. The Bertz CT molecular complexity index is 700. The van der Waals surface area contributed by atoms with Crippen LogP contribution in [-0.4, -0.2) is 17.9 Å². The monoisotopic (exact) mass is 366 g/mol. The highest BCUT2D eigenvalue weighted by Gasteiger charge is 2.18. The van der Waals surface area contributed by atoms with E-state index in [9.17, 15) is 9.18 Å². The van der Waals surface area contributed by atoms with Crippen LogP contribution in [0.1, 0.15) is 15.9 Å². The molecule has 0 fully saturated rings. The number of carbonyl (C=O) groups excluding carboxylic acids is 1. The molecule has 0 bridgehead atoms. The number of halogens is 2. The number of nitrogens with two attached hydrogens (primary N) is 1. The molecule has 0 radical (unpaired) electrons. The van der Waals surface area contributed by atoms with E-state index in [0.29, 0.717) is 15.7 Å². The minimum atomic E-state index is -0.483. The summed E-state index contributed by atoms with van der Waals surface area (Å²) in [6.45, 7) is 0. The molecule has 2 N–H and O–H groups in total. The number of benzene rings is 2. The topological polar surface area (TPSA) is 46.3 Å². The molecule has 0 aliphatic heterocycles. The second-order valence-corrected chi connectivity index (χ2v) is 5.76. The summed E-state index contributed by atoms with van der Waals surface area (Å²) in [6.07, 6.45) is 0. The van der Waals surface area contributed by atoms with Crippen LogP contribution in [0.15, 0.2) is 46.9 Å². The van der Waals surface area contributed by atoms with E-state index >= 15 is 0 Å². The second kappa shape index (κ2) is 6.32. The average Bonchev–Trinajstić information content (AvgIpc) is 2.44. The predicted octanol–water partition coefficient (Wildman–Crippen LogP) is 3.50. The Morgan fingerprint density at radius 1 is 1.29 bits per heavy atom. The molecule has 2 aromatic rings. The van der Waals surface area contributed by atoms with Gasteiger partial charge >= 0.3 is 0 Å². The number of rotatable bonds is 3. The fourth-order valence-corrected chi connectivity index (χ4v) is 2.59. The molecule has 0 spiro atoms. The van der Waals surface area contributed by atoms with E-state index < -0.39 is 5.82 Å². The zero-order chi connectivity index (χ0) is 15.6. The van der Waals surface area contributed by atoms with Gasteiger partial charge in [0.05, 0.1) is 5.69 Å². The van der Waals surface area contributed by atoms with Crippen molar-refractivity contribution >= 4 is 44.7 Å². The zero-order valence-corrected chi connectivity index (χ0v) is 13.5. The van der Waals surface area contributed by atoms with Crippen molar-refractivity contribution in [1.82, 2.24) is 0 Å². The number of carbonyl (C=O) groups is 1. The van der Waals surface area contributed by atoms with Crippen LogP contribution in [0.4, 0.5) is 10.1 Å². The SMILES string of the molecule is CN(C(=O)c1cc(F)cc(Br)c1)c1ccccc1C(N)=S. The van der Waals surface area contributed by atoms with Crippen LogP contribution in [0.2, 0.25) is 0 Å². The van der Waals surface area contributed by atoms with Crippen molar-refractivity contribution in [3.8, 4) is 0 Å². The van der Waals surface area contributed by atoms with Crippen molar-refractivity contribution < 1.29 is 9.18 Å². The third-order valence-electron chi connectivity index (χ3n) is 2.95. The molecule has 108 valence electrons. The Hall–Kier alpha value is -1.79. The van der Waals surface area contributed by atoms with E-state index in [0.717, 1.165) is 0 Å². The molecule has 0 aliphatic rings. The van der Waals surface area contributed by atoms with Crippen molar-refractivity contribution in [2.45, 2.75) is 0 Å². The van der Waals surface area contributed by atoms with Crippen LogP contribution in [0.3, 0.4) is 0 Å². The summed E-state index contributed by atoms with van der Waals surface area (Å²) in [5.41, 5.74) is 7.08. The summed E-state index contributed by atoms with van der Waals surface area (Å²) in [7, 11) is 1.60. The quantitative estimate of drug-likeness (QED) is 0.845. The third-order valence-corrected chi connectivity index (χ3v) is 3.62. The molecule has 1 amide bonds. The summed E-state index contributed by atoms with van der Waals surface area (Å²) < 4.78 is 13.9. The van der Waals surface area contributed by atoms with Crippen molar-refractivity contribution in [2.24, 2.45) is 5.73 Å². The average molecular weight is 367 g/mol. The fourth-order valence-electron chi connectivity index (χ4n) is 1.95. The zero-order valence-electron chi connectivity index (χ0n) is 11.1. The lowest BCUT2D eigenvalue weighted by Crippen LogP contribution is -2.28. The van der Waals surface area contributed by atoms with Crippen LogP contribution in [0.25, 0.3) is 0 Å². The molecular weight excluding hydrogens is 355 g/mol. The lowest BCUT2D eigenvalue weighted by atomic mass is 10.1. The molecule has 0 unspecified atom stereocenters. The summed E-state index contributed by atoms with van der Waals surface area (Å²) in [5, 5.41) is 0. The van der Waals surface area contributed by atoms with Crippen molar-refractivity contribution in [3.05, 3.63) is 63.9 Å². The lowest BCUT2D eigenvalue weighted by molar-refractivity contribution is 0.0992. The molecular formula is C15H12BrFN2OS. The fraction of sp³-hybridized carbons (Fsp3) is 0.0667. The van der Waals surface area contributed by atoms with Crippen molar-refractivity contribution in [2.75, 3.05) is 11.9 Å². The van der Waals surface area contributed by atoms with Crippen LogP contribution in [-0.2, 0) is 0 Å². The molecule has 3 nitrogen and oxygen atoms in total. The van der Waals surface area contributed by atoms with Crippen LogP contribution in [0, 0.1) is 5.82 Å². The first-order chi connectivity index (χ1) is 9.90. The standard InChI is InChI=1S/C15H12BrFN2OS/c1-19(13-5-3-2-4-12(13)14(18)21)15(20)9-6-10(16)8-11(17)7-9/h2-8H,1H3,(H2,18,21). The van der Waals surface area contributed by atoms with Crippen molar-refractivity contribution in [1.29, 1.82) is 0 Å². The van der Waals surface area contributed by atoms with Gasteiger partial charge in [-0.15, -0.1) is 0 Å². The summed E-state index contributed by atoms with van der Waals surface area (Å²) in [4.78, 5) is 14.1. The van der Waals surface area contributed by atoms with Gasteiger partial charge in [0.2, 0.25) is 0 Å². The van der Waals surface area contributed by atoms with Gasteiger partial charge in [-0.1, -0.05) is 40.3 Å². The van der Waals surface area contributed by atoms with Crippen LogP contribution in [0.5, 0.6) is 0 Å². The lowest BCUT2D eigenvalue weighted by Gasteiger charge is -2.20. The van der Waals surface area contributed by atoms with Gasteiger partial charge in [-0.3, -0.25) is 4.79 Å². The minimum Gasteiger partial charge on any atom is -0.389 e. The molecule has 0 heterocycles. The Morgan fingerprint density at radius 3 is 2.57 bits per heavy atom. The van der Waals surface area contributed by atoms with Gasteiger partial charge in [-0.05, 0) is 30.3 Å². The van der Waals surface area contributed by atoms with Crippen LogP contribution < -0.4 is 10.6 Å². The number of hydrogen-bond acceptors (Lipinski definition) is 2. The van der Waals surface area contributed by atoms with Gasteiger partial charge in [-0.2, -0.15) is 0 Å². The smallest absolute Gasteiger partial charge is 0.258 e. The van der Waals surface area contributed by atoms with E-state index in [1.165, 1.54) is 17.0 Å². The van der Waals surface area contributed by atoms with Gasteiger partial charge in [-0.25, -0.2) is 4.39 Å². The Kier molecular flexibility index (Phi) is 4.69. The maximum Gasteiger partial charge on any atom is 0.258 e. The molecule has 0 atom stereocenters. The predicted molar refractivity (Wildman–Crippen MR) is 89.2 cm³/mol. The van der Waals surface area contributed by atoms with Crippen molar-refractivity contribution in [3.63, 3.8) is 0 Å². The first kappa shape index (κ1) is 15.6. The second-order valence-electron chi connectivity index (χ2n) is 4.40.